The van der Waals surface area contributed by atoms with E-state index in [-0.39, 0.29) is 16.4 Å². The Kier molecular flexibility index (Phi) is 7.07. The molecular formula is C26H27N3O5S. The number of methoxy groups -OCH3 is 1. The van der Waals surface area contributed by atoms with Crippen molar-refractivity contribution >= 4 is 38.9 Å². The van der Waals surface area contributed by atoms with Crippen LogP contribution in [0.3, 0.4) is 0 Å². The average molecular weight is 494 g/mol. The molecule has 0 bridgehead atoms. The molecule has 0 spiro atoms. The number of piperidine rings is 1. The molecule has 8 nitrogen and oxygen atoms in total. The third kappa shape index (κ3) is 5.46. The molecule has 9 heteroatoms. The first-order valence-corrected chi connectivity index (χ1v) is 12.7. The molecule has 0 unspecified atom stereocenters. The summed E-state index contributed by atoms with van der Waals surface area (Å²) in [6.45, 7) is 2.31. The van der Waals surface area contributed by atoms with E-state index in [9.17, 15) is 18.0 Å². The van der Waals surface area contributed by atoms with E-state index in [4.69, 9.17) is 4.74 Å². The van der Waals surface area contributed by atoms with Crippen molar-refractivity contribution in [2.45, 2.75) is 31.1 Å². The molecule has 0 saturated carbocycles. The molecule has 182 valence electrons. The topological polar surface area (TPSA) is 105 Å². The summed E-state index contributed by atoms with van der Waals surface area (Å²) in [5, 5.41) is 2.81. The van der Waals surface area contributed by atoms with Crippen molar-refractivity contribution in [2.24, 2.45) is 0 Å². The fourth-order valence-corrected chi connectivity index (χ4v) is 5.34. The highest BCUT2D eigenvalue weighted by atomic mass is 32.2. The minimum atomic E-state index is -3.99. The van der Waals surface area contributed by atoms with Crippen LogP contribution in [0.1, 0.15) is 35.2 Å². The smallest absolute Gasteiger partial charge is 0.262 e. The maximum Gasteiger partial charge on any atom is 0.262 e. The zero-order chi connectivity index (χ0) is 25.0. The molecule has 2 N–H and O–H groups in total. The molecule has 3 aromatic rings. The molecule has 0 radical (unpaired) electrons. The summed E-state index contributed by atoms with van der Waals surface area (Å²) in [5.74, 6) is -0.00814. The van der Waals surface area contributed by atoms with Gasteiger partial charge in [-0.25, -0.2) is 8.42 Å². The lowest BCUT2D eigenvalue weighted by atomic mass is 10.1. The van der Waals surface area contributed by atoms with Gasteiger partial charge < -0.3 is 15.0 Å². The minimum Gasteiger partial charge on any atom is -0.495 e. The second kappa shape index (κ2) is 10.2. The maximum absolute atomic E-state index is 13.1. The van der Waals surface area contributed by atoms with E-state index in [2.05, 4.69) is 10.0 Å². The third-order valence-electron chi connectivity index (χ3n) is 5.83. The number of carbonyl (C=O) groups is 2. The molecule has 0 aromatic heterocycles. The van der Waals surface area contributed by atoms with Crippen LogP contribution in [0.15, 0.2) is 71.6 Å². The number of ether oxygens (including phenoxy) is 1. The lowest BCUT2D eigenvalue weighted by Crippen LogP contribution is -2.35. The molecule has 0 atom stereocenters. The molecule has 3 aromatic carbocycles. The molecule has 1 aliphatic rings. The van der Waals surface area contributed by atoms with Crippen LogP contribution < -0.4 is 19.7 Å². The lowest BCUT2D eigenvalue weighted by molar-refractivity contribution is -0.119. The van der Waals surface area contributed by atoms with Gasteiger partial charge in [-0.2, -0.15) is 0 Å². The summed E-state index contributed by atoms with van der Waals surface area (Å²) >= 11 is 0. The number of amides is 2. The van der Waals surface area contributed by atoms with Crippen molar-refractivity contribution in [2.75, 3.05) is 28.6 Å². The molecule has 1 saturated heterocycles. The van der Waals surface area contributed by atoms with Crippen LogP contribution in [0.5, 0.6) is 5.75 Å². The molecule has 0 aliphatic carbocycles. The Hall–Kier alpha value is -3.85. The molecule has 1 aliphatic heterocycles. The van der Waals surface area contributed by atoms with E-state index in [1.165, 1.54) is 13.2 Å². The van der Waals surface area contributed by atoms with Gasteiger partial charge in [-0.05, 0) is 67.8 Å². The van der Waals surface area contributed by atoms with Gasteiger partial charge in [-0.3, -0.25) is 14.3 Å². The molecule has 1 fully saturated rings. The summed E-state index contributed by atoms with van der Waals surface area (Å²) in [6, 6.07) is 18.3. The van der Waals surface area contributed by atoms with Gasteiger partial charge in [0.1, 0.15) is 5.75 Å². The number of para-hydroxylation sites is 2. The predicted molar refractivity (Wildman–Crippen MR) is 136 cm³/mol. The van der Waals surface area contributed by atoms with Crippen LogP contribution in [0.4, 0.5) is 17.1 Å². The van der Waals surface area contributed by atoms with Gasteiger partial charge in [-0.15, -0.1) is 0 Å². The second-order valence-corrected chi connectivity index (χ2v) is 9.94. The summed E-state index contributed by atoms with van der Waals surface area (Å²) in [5.41, 5.74) is 2.22. The Morgan fingerprint density at radius 3 is 2.57 bits per heavy atom. The molecule has 2 amide bonds. The van der Waals surface area contributed by atoms with E-state index in [1.54, 1.807) is 66.4 Å². The number of carbonyl (C=O) groups excluding carboxylic acids is 2. The fourth-order valence-electron chi connectivity index (χ4n) is 3.99. The highest BCUT2D eigenvalue weighted by molar-refractivity contribution is 7.92. The average Bonchev–Trinajstić information content (AvgIpc) is 2.84. The van der Waals surface area contributed by atoms with Crippen molar-refractivity contribution in [3.05, 3.63) is 77.9 Å². The Labute approximate surface area is 205 Å². The minimum absolute atomic E-state index is 0.0104. The summed E-state index contributed by atoms with van der Waals surface area (Å²) < 4.78 is 34.0. The highest BCUT2D eigenvalue weighted by Gasteiger charge is 2.22. The first kappa shape index (κ1) is 24.3. The van der Waals surface area contributed by atoms with Crippen LogP contribution in [-0.2, 0) is 14.8 Å². The third-order valence-corrected chi connectivity index (χ3v) is 7.34. The number of hydrogen-bond acceptors (Lipinski definition) is 5. The van der Waals surface area contributed by atoms with Gasteiger partial charge in [0.25, 0.3) is 15.9 Å². The number of sulfonamides is 1. The maximum atomic E-state index is 13.1. The number of aryl methyl sites for hydroxylation is 1. The van der Waals surface area contributed by atoms with Crippen molar-refractivity contribution in [3.63, 3.8) is 0 Å². The van der Waals surface area contributed by atoms with Crippen LogP contribution in [0, 0.1) is 6.92 Å². The number of nitrogens with one attached hydrogen (secondary N) is 2. The first-order chi connectivity index (χ1) is 16.8. The van der Waals surface area contributed by atoms with Gasteiger partial charge in [0.2, 0.25) is 5.91 Å². The highest BCUT2D eigenvalue weighted by Crippen LogP contribution is 2.28. The fraction of sp³-hybridized carbons (Fsp3) is 0.231. The van der Waals surface area contributed by atoms with Crippen molar-refractivity contribution < 1.29 is 22.7 Å². The zero-order valence-electron chi connectivity index (χ0n) is 19.6. The van der Waals surface area contributed by atoms with Crippen molar-refractivity contribution in [1.82, 2.24) is 0 Å². The molecule has 4 rings (SSSR count). The van der Waals surface area contributed by atoms with E-state index >= 15 is 0 Å². The summed E-state index contributed by atoms with van der Waals surface area (Å²) in [6.07, 6.45) is 2.34. The quantitative estimate of drug-likeness (QED) is 0.502. The van der Waals surface area contributed by atoms with Gasteiger partial charge in [0, 0.05) is 29.9 Å². The van der Waals surface area contributed by atoms with Crippen molar-refractivity contribution in [1.29, 1.82) is 0 Å². The number of benzene rings is 3. The van der Waals surface area contributed by atoms with Crippen molar-refractivity contribution in [3.8, 4) is 5.75 Å². The second-order valence-electron chi connectivity index (χ2n) is 8.29. The zero-order valence-corrected chi connectivity index (χ0v) is 20.4. The normalized spacial score (nSPS) is 13.9. The Bertz CT molecular complexity index is 1370. The summed E-state index contributed by atoms with van der Waals surface area (Å²) in [7, 11) is -2.53. The summed E-state index contributed by atoms with van der Waals surface area (Å²) in [4.78, 5) is 27.0. The van der Waals surface area contributed by atoms with Gasteiger partial charge in [0.15, 0.2) is 0 Å². The van der Waals surface area contributed by atoms with E-state index in [1.807, 2.05) is 6.07 Å². The monoisotopic (exact) mass is 493 g/mol. The number of nitrogens with zero attached hydrogens (tertiary/aromatic N) is 1. The largest absolute Gasteiger partial charge is 0.495 e. The lowest BCUT2D eigenvalue weighted by Gasteiger charge is -2.27. The Balaban J connectivity index is 1.56. The van der Waals surface area contributed by atoms with Crippen LogP contribution >= 0.6 is 0 Å². The van der Waals surface area contributed by atoms with Crippen LogP contribution in [0.25, 0.3) is 0 Å². The van der Waals surface area contributed by atoms with E-state index in [0.717, 1.165) is 18.5 Å². The van der Waals surface area contributed by atoms with Gasteiger partial charge in [-0.1, -0.05) is 24.3 Å². The van der Waals surface area contributed by atoms with Crippen LogP contribution in [0.2, 0.25) is 0 Å². The molecule has 35 heavy (non-hydrogen) atoms. The number of rotatable bonds is 7. The number of anilines is 3. The van der Waals surface area contributed by atoms with E-state index in [0.29, 0.717) is 35.7 Å². The number of hydrogen-bond donors (Lipinski definition) is 2. The molecular weight excluding hydrogens is 466 g/mol. The standard InChI is InChI=1S/C26H27N3O5S/c1-18-13-14-19(16-24(18)35(32,33)28-22-10-3-4-11-23(22)34-2)26(31)27-20-8-7-9-21(17-20)29-15-6-5-12-25(29)30/h3-4,7-11,13-14,16-17,28H,5-6,12,15H2,1-2H3,(H,27,31). The predicted octanol–water partition coefficient (Wildman–Crippen LogP) is 4.57. The van der Waals surface area contributed by atoms with E-state index < -0.39 is 15.9 Å². The Morgan fingerprint density at radius 1 is 1.00 bits per heavy atom. The van der Waals surface area contributed by atoms with Crippen LogP contribution in [-0.4, -0.2) is 33.9 Å². The Morgan fingerprint density at radius 2 is 1.80 bits per heavy atom. The van der Waals surface area contributed by atoms with Gasteiger partial charge in [0.05, 0.1) is 17.7 Å². The SMILES string of the molecule is COc1ccccc1NS(=O)(=O)c1cc(C(=O)Nc2cccc(N3CCCCC3=O)c2)ccc1C. The first-order valence-electron chi connectivity index (χ1n) is 11.3. The molecule has 1 heterocycles. The van der Waals surface area contributed by atoms with Gasteiger partial charge >= 0.3 is 0 Å².